The van der Waals surface area contributed by atoms with Crippen LogP contribution in [0.1, 0.15) is 31.4 Å². The van der Waals surface area contributed by atoms with Crippen molar-refractivity contribution in [3.05, 3.63) is 59.9 Å². The Kier molecular flexibility index (Phi) is 2.22. The van der Waals surface area contributed by atoms with E-state index in [0.29, 0.717) is 29.5 Å². The molecule has 27 heavy (non-hydrogen) atoms. The average Bonchev–Trinajstić information content (AvgIpc) is 3.40. The van der Waals surface area contributed by atoms with E-state index in [2.05, 4.69) is 38.1 Å². The molecule has 1 aromatic carbocycles. The molecule has 4 aliphatic rings. The van der Waals surface area contributed by atoms with E-state index >= 15 is 0 Å². The smallest absolute Gasteiger partial charge is 0.154 e. The second kappa shape index (κ2) is 4.14. The van der Waals surface area contributed by atoms with Gasteiger partial charge < -0.3 is 0 Å². The lowest BCUT2D eigenvalue weighted by Gasteiger charge is -2.42. The first kappa shape index (κ1) is 14.5. The summed E-state index contributed by atoms with van der Waals surface area (Å²) in [6, 6.07) is 8.29. The van der Waals surface area contributed by atoms with Crippen molar-refractivity contribution in [3.63, 3.8) is 0 Å². The Bertz CT molecular complexity index is 1150. The predicted octanol–water partition coefficient (Wildman–Crippen LogP) is 4.33. The number of nitrogens with zero attached hydrogens (tertiary/aromatic N) is 2. The number of aromatic nitrogens is 2. The molecule has 2 unspecified atom stereocenters. The number of benzene rings is 1. The maximum Gasteiger partial charge on any atom is 0.154 e. The van der Waals surface area contributed by atoms with Crippen molar-refractivity contribution in [2.75, 3.05) is 0 Å². The molecule has 0 spiro atoms. The molecular weight excluding hydrogens is 332 g/mol. The zero-order chi connectivity index (χ0) is 18.1. The van der Waals surface area contributed by atoms with E-state index in [4.69, 9.17) is 9.97 Å². The number of carbonyl (C=O) groups is 1. The third kappa shape index (κ3) is 1.26. The van der Waals surface area contributed by atoms with Gasteiger partial charge in [0.05, 0.1) is 21.9 Å². The fraction of sp³-hybridized carbons (Fsp3) is 0.375. The van der Waals surface area contributed by atoms with Crippen LogP contribution in [0.2, 0.25) is 0 Å². The molecule has 4 aliphatic carbocycles. The van der Waals surface area contributed by atoms with Gasteiger partial charge in [-0.1, -0.05) is 24.3 Å². The zero-order valence-corrected chi connectivity index (χ0v) is 15.4. The molecule has 3 heteroatoms. The molecule has 0 saturated heterocycles. The zero-order valence-electron chi connectivity index (χ0n) is 15.4. The molecule has 4 bridgehead atoms. The first-order valence-electron chi connectivity index (χ1n) is 9.97. The summed E-state index contributed by atoms with van der Waals surface area (Å²) in [6.07, 6.45) is 9.67. The molecule has 0 N–H and O–H groups in total. The molecule has 2 saturated carbocycles. The third-order valence-electron chi connectivity index (χ3n) is 8.40. The summed E-state index contributed by atoms with van der Waals surface area (Å²) < 4.78 is 0. The number of pyridine rings is 2. The summed E-state index contributed by atoms with van der Waals surface area (Å²) >= 11 is 0. The number of rotatable bonds is 0. The summed E-state index contributed by atoms with van der Waals surface area (Å²) in [7, 11) is 0. The number of hydrogen-bond acceptors (Lipinski definition) is 3. The van der Waals surface area contributed by atoms with E-state index < -0.39 is 10.8 Å². The SMILES string of the molecule is C[C@]12C(=O)[C@](C)(c3c1c1cccnc1c1ncccc31)C1C2[C@@H]2C=C[C@H]1C2. The average molecular weight is 352 g/mol. The van der Waals surface area contributed by atoms with Crippen molar-refractivity contribution in [1.29, 1.82) is 0 Å². The lowest BCUT2D eigenvalue weighted by molar-refractivity contribution is -0.125. The third-order valence-corrected chi connectivity index (χ3v) is 8.40. The molecule has 7 rings (SSSR count). The molecule has 0 amide bonds. The summed E-state index contributed by atoms with van der Waals surface area (Å²) in [4.78, 5) is 23.4. The van der Waals surface area contributed by atoms with Gasteiger partial charge in [-0.05, 0) is 67.2 Å². The van der Waals surface area contributed by atoms with Crippen LogP contribution < -0.4 is 0 Å². The van der Waals surface area contributed by atoms with Crippen LogP contribution in [-0.4, -0.2) is 15.8 Å². The maximum absolute atomic E-state index is 14.0. The van der Waals surface area contributed by atoms with E-state index in [1.165, 1.54) is 17.5 Å². The molecule has 0 radical (unpaired) electrons. The van der Waals surface area contributed by atoms with E-state index in [1.54, 1.807) is 0 Å². The monoisotopic (exact) mass is 352 g/mol. The fourth-order valence-corrected chi connectivity index (χ4v) is 7.74. The van der Waals surface area contributed by atoms with Crippen LogP contribution in [0.3, 0.4) is 0 Å². The van der Waals surface area contributed by atoms with Gasteiger partial charge in [-0.3, -0.25) is 14.8 Å². The van der Waals surface area contributed by atoms with Gasteiger partial charge in [-0.15, -0.1) is 0 Å². The molecule has 2 heterocycles. The maximum atomic E-state index is 14.0. The lowest BCUT2D eigenvalue weighted by Crippen LogP contribution is -2.39. The van der Waals surface area contributed by atoms with Crippen molar-refractivity contribution < 1.29 is 4.79 Å². The van der Waals surface area contributed by atoms with Gasteiger partial charge in [0.1, 0.15) is 0 Å². The van der Waals surface area contributed by atoms with Gasteiger partial charge >= 0.3 is 0 Å². The molecule has 3 nitrogen and oxygen atoms in total. The lowest BCUT2D eigenvalue weighted by atomic mass is 9.60. The van der Waals surface area contributed by atoms with Crippen LogP contribution in [0.5, 0.6) is 0 Å². The summed E-state index contributed by atoms with van der Waals surface area (Å²) in [5, 5.41) is 2.26. The highest BCUT2D eigenvalue weighted by Gasteiger charge is 2.76. The summed E-state index contributed by atoms with van der Waals surface area (Å²) in [5.74, 6) is 2.37. The fourth-order valence-electron chi connectivity index (χ4n) is 7.74. The highest BCUT2D eigenvalue weighted by atomic mass is 16.1. The standard InChI is InChI=1S/C24H20N2O/c1-23-16-12-7-8-13(11-12)17(16)24(2,22(23)27)19-15-6-4-10-26-21(15)20-14(18(19)23)5-3-9-25-20/h3-10,12-13,16-17H,11H2,1-2H3/t12-,13+,16?,17?,23-,24+. The van der Waals surface area contributed by atoms with Crippen molar-refractivity contribution >= 4 is 27.6 Å². The van der Waals surface area contributed by atoms with Crippen molar-refractivity contribution in [2.24, 2.45) is 23.7 Å². The minimum atomic E-state index is -0.412. The minimum absolute atomic E-state index is 0.412. The molecule has 2 fully saturated rings. The summed E-state index contributed by atoms with van der Waals surface area (Å²) in [6.45, 7) is 4.46. The van der Waals surface area contributed by atoms with Crippen LogP contribution in [0.15, 0.2) is 48.8 Å². The van der Waals surface area contributed by atoms with Gasteiger partial charge in [-0.2, -0.15) is 0 Å². The van der Waals surface area contributed by atoms with Crippen LogP contribution in [-0.2, 0) is 15.6 Å². The van der Waals surface area contributed by atoms with E-state index in [9.17, 15) is 4.79 Å². The van der Waals surface area contributed by atoms with E-state index in [-0.39, 0.29) is 0 Å². The number of hydrogen-bond donors (Lipinski definition) is 0. The second-order valence-corrected chi connectivity index (χ2v) is 9.28. The predicted molar refractivity (Wildman–Crippen MR) is 104 cm³/mol. The molecule has 6 atom stereocenters. The second-order valence-electron chi connectivity index (χ2n) is 9.28. The molecule has 132 valence electrons. The Morgan fingerprint density at radius 3 is 1.81 bits per heavy atom. The number of fused-ring (bicyclic) bond motifs is 17. The first-order chi connectivity index (χ1) is 13.1. The van der Waals surface area contributed by atoms with E-state index in [1.807, 2.05) is 24.5 Å². The highest BCUT2D eigenvalue weighted by molar-refractivity contribution is 6.18. The van der Waals surface area contributed by atoms with Gasteiger partial charge in [0.2, 0.25) is 0 Å². The van der Waals surface area contributed by atoms with Crippen LogP contribution >= 0.6 is 0 Å². The number of carbonyl (C=O) groups excluding carboxylic acids is 1. The largest absolute Gasteiger partial charge is 0.298 e. The van der Waals surface area contributed by atoms with Gasteiger partial charge in [0.25, 0.3) is 0 Å². The topological polar surface area (TPSA) is 42.9 Å². The molecule has 3 aromatic rings. The van der Waals surface area contributed by atoms with Gasteiger partial charge in [0.15, 0.2) is 5.78 Å². The van der Waals surface area contributed by atoms with Gasteiger partial charge in [-0.25, -0.2) is 0 Å². The number of ketones is 1. The van der Waals surface area contributed by atoms with E-state index in [0.717, 1.165) is 21.8 Å². The Balaban J connectivity index is 1.74. The Morgan fingerprint density at radius 2 is 1.33 bits per heavy atom. The van der Waals surface area contributed by atoms with Gasteiger partial charge in [0, 0.05) is 23.2 Å². The first-order valence-corrected chi connectivity index (χ1v) is 9.97. The summed E-state index contributed by atoms with van der Waals surface area (Å²) in [5.41, 5.74) is 3.55. The Morgan fingerprint density at radius 1 is 0.852 bits per heavy atom. The molecule has 0 aliphatic heterocycles. The Hall–Kier alpha value is -2.55. The van der Waals surface area contributed by atoms with Crippen molar-refractivity contribution in [3.8, 4) is 0 Å². The van der Waals surface area contributed by atoms with Crippen LogP contribution in [0, 0.1) is 23.7 Å². The van der Waals surface area contributed by atoms with Crippen LogP contribution in [0.25, 0.3) is 21.8 Å². The quantitative estimate of drug-likeness (QED) is 0.343. The molecular formula is C24H20N2O. The van der Waals surface area contributed by atoms with Crippen molar-refractivity contribution in [2.45, 2.75) is 31.1 Å². The minimum Gasteiger partial charge on any atom is -0.298 e. The number of Topliss-reactive ketones (excluding diaryl/α,β-unsaturated/α-hetero) is 1. The number of allylic oxidation sites excluding steroid dienone is 2. The molecule has 2 aromatic heterocycles. The normalized spacial score (nSPS) is 40.3. The van der Waals surface area contributed by atoms with Crippen molar-refractivity contribution in [1.82, 2.24) is 9.97 Å². The highest BCUT2D eigenvalue weighted by Crippen LogP contribution is 2.74. The Labute approximate surface area is 157 Å². The van der Waals surface area contributed by atoms with Crippen LogP contribution in [0.4, 0.5) is 0 Å².